The maximum absolute atomic E-state index is 12.1. The molecule has 1 fully saturated rings. The Kier molecular flexibility index (Phi) is 4.53. The van der Waals surface area contributed by atoms with Crippen LogP contribution in [0.4, 0.5) is 5.82 Å². The number of aliphatic hydroxyl groups excluding tert-OH is 1. The number of pyridine rings is 1. The van der Waals surface area contributed by atoms with Crippen molar-refractivity contribution in [2.45, 2.75) is 26.2 Å². The smallest absolute Gasteiger partial charge is 0.228 e. The third-order valence-electron chi connectivity index (χ3n) is 3.49. The molecule has 1 amide bonds. The summed E-state index contributed by atoms with van der Waals surface area (Å²) < 4.78 is 0. The molecular formula is C15H18N2O2. The number of aromatic nitrogens is 1. The minimum atomic E-state index is -0.197. The van der Waals surface area contributed by atoms with E-state index in [1.54, 1.807) is 18.2 Å². The van der Waals surface area contributed by atoms with Gasteiger partial charge in [-0.25, -0.2) is 4.98 Å². The average molecular weight is 258 g/mol. The summed E-state index contributed by atoms with van der Waals surface area (Å²) in [5.41, 5.74) is 0.548. The number of hydrogen-bond donors (Lipinski definition) is 2. The molecule has 0 bridgehead atoms. The standard InChI is InChI=1S/C15H18N2O2/c1-11-5-2-8-13(11)15(19)17-14-9-3-6-12(16-14)7-4-10-18/h3,6,9,11,13,18H,2,5,8,10H2,1H3,(H,16,17,19). The van der Waals surface area contributed by atoms with Crippen molar-refractivity contribution >= 4 is 11.7 Å². The van der Waals surface area contributed by atoms with Gasteiger partial charge in [-0.15, -0.1) is 0 Å². The maximum Gasteiger partial charge on any atom is 0.228 e. The van der Waals surface area contributed by atoms with Crippen molar-refractivity contribution in [3.8, 4) is 11.8 Å². The van der Waals surface area contributed by atoms with Gasteiger partial charge in [0.05, 0.1) is 0 Å². The molecule has 4 heteroatoms. The Balaban J connectivity index is 2.04. The number of anilines is 1. The number of rotatable bonds is 2. The minimum absolute atomic E-state index is 0.0461. The highest BCUT2D eigenvalue weighted by atomic mass is 16.2. The van der Waals surface area contributed by atoms with Crippen molar-refractivity contribution < 1.29 is 9.90 Å². The molecule has 0 aliphatic heterocycles. The van der Waals surface area contributed by atoms with Crippen LogP contribution in [0.3, 0.4) is 0 Å². The van der Waals surface area contributed by atoms with Crippen LogP contribution >= 0.6 is 0 Å². The molecule has 2 atom stereocenters. The normalized spacial score (nSPS) is 21.6. The van der Waals surface area contributed by atoms with Gasteiger partial charge in [0.2, 0.25) is 5.91 Å². The molecule has 2 rings (SSSR count). The van der Waals surface area contributed by atoms with Crippen LogP contribution in [-0.4, -0.2) is 22.6 Å². The number of carbonyl (C=O) groups is 1. The summed E-state index contributed by atoms with van der Waals surface area (Å²) in [6.45, 7) is 1.92. The first kappa shape index (κ1) is 13.6. The van der Waals surface area contributed by atoms with Gasteiger partial charge in [-0.3, -0.25) is 4.79 Å². The number of hydrogen-bond acceptors (Lipinski definition) is 3. The number of amides is 1. The first-order valence-electron chi connectivity index (χ1n) is 6.58. The lowest BCUT2D eigenvalue weighted by Gasteiger charge is -2.14. The highest BCUT2D eigenvalue weighted by Crippen LogP contribution is 2.31. The molecule has 0 aromatic carbocycles. The molecule has 2 unspecified atom stereocenters. The summed E-state index contributed by atoms with van der Waals surface area (Å²) in [7, 11) is 0. The lowest BCUT2D eigenvalue weighted by atomic mass is 9.97. The zero-order valence-corrected chi connectivity index (χ0v) is 11.0. The van der Waals surface area contributed by atoms with Gasteiger partial charge in [0.1, 0.15) is 18.1 Å². The number of aliphatic hydroxyl groups is 1. The molecule has 0 saturated heterocycles. The third-order valence-corrected chi connectivity index (χ3v) is 3.49. The van der Waals surface area contributed by atoms with Crippen molar-refractivity contribution in [1.82, 2.24) is 4.98 Å². The van der Waals surface area contributed by atoms with Crippen molar-refractivity contribution in [2.75, 3.05) is 11.9 Å². The molecule has 0 spiro atoms. The van der Waals surface area contributed by atoms with Gasteiger partial charge in [-0.2, -0.15) is 0 Å². The molecule has 1 aliphatic carbocycles. The predicted molar refractivity (Wildman–Crippen MR) is 73.3 cm³/mol. The Morgan fingerprint density at radius 2 is 2.37 bits per heavy atom. The molecule has 2 N–H and O–H groups in total. The summed E-state index contributed by atoms with van der Waals surface area (Å²) in [4.78, 5) is 16.4. The monoisotopic (exact) mass is 258 g/mol. The van der Waals surface area contributed by atoms with Crippen molar-refractivity contribution in [3.63, 3.8) is 0 Å². The van der Waals surface area contributed by atoms with Crippen LogP contribution < -0.4 is 5.32 Å². The van der Waals surface area contributed by atoms with E-state index >= 15 is 0 Å². The SMILES string of the molecule is CC1CCCC1C(=O)Nc1cccc(C#CCO)n1. The van der Waals surface area contributed by atoms with E-state index in [0.717, 1.165) is 19.3 Å². The summed E-state index contributed by atoms with van der Waals surface area (Å²) in [5.74, 6) is 6.36. The fraction of sp³-hybridized carbons (Fsp3) is 0.467. The molecule has 1 aliphatic rings. The lowest BCUT2D eigenvalue weighted by Crippen LogP contribution is -2.25. The van der Waals surface area contributed by atoms with E-state index in [2.05, 4.69) is 29.1 Å². The van der Waals surface area contributed by atoms with Crippen molar-refractivity contribution in [2.24, 2.45) is 11.8 Å². The van der Waals surface area contributed by atoms with Gasteiger partial charge in [0.25, 0.3) is 0 Å². The van der Waals surface area contributed by atoms with Crippen LogP contribution in [0, 0.1) is 23.7 Å². The molecule has 100 valence electrons. The molecule has 0 radical (unpaired) electrons. The summed E-state index contributed by atoms with van der Waals surface area (Å²) in [6, 6.07) is 5.29. The minimum Gasteiger partial charge on any atom is -0.384 e. The van der Waals surface area contributed by atoms with Crippen LogP contribution in [0.15, 0.2) is 18.2 Å². The van der Waals surface area contributed by atoms with Gasteiger partial charge in [-0.05, 0) is 36.8 Å². The largest absolute Gasteiger partial charge is 0.384 e. The second-order valence-electron chi connectivity index (χ2n) is 4.87. The van der Waals surface area contributed by atoms with E-state index in [1.807, 2.05) is 0 Å². The van der Waals surface area contributed by atoms with E-state index in [9.17, 15) is 4.79 Å². The van der Waals surface area contributed by atoms with Crippen LogP contribution in [0.5, 0.6) is 0 Å². The van der Waals surface area contributed by atoms with Crippen LogP contribution in [0.2, 0.25) is 0 Å². The molecule has 4 nitrogen and oxygen atoms in total. The van der Waals surface area contributed by atoms with Gasteiger partial charge < -0.3 is 10.4 Å². The maximum atomic E-state index is 12.1. The van der Waals surface area contributed by atoms with E-state index in [0.29, 0.717) is 17.4 Å². The average Bonchev–Trinajstić information content (AvgIpc) is 2.83. The second kappa shape index (κ2) is 6.35. The summed E-state index contributed by atoms with van der Waals surface area (Å²) >= 11 is 0. The van der Waals surface area contributed by atoms with Gasteiger partial charge >= 0.3 is 0 Å². The fourth-order valence-corrected chi connectivity index (χ4v) is 2.46. The van der Waals surface area contributed by atoms with Gasteiger partial charge in [0, 0.05) is 5.92 Å². The molecular weight excluding hydrogens is 240 g/mol. The third kappa shape index (κ3) is 3.55. The van der Waals surface area contributed by atoms with Crippen LogP contribution in [0.25, 0.3) is 0 Å². The lowest BCUT2D eigenvalue weighted by molar-refractivity contribution is -0.120. The Morgan fingerprint density at radius 1 is 1.53 bits per heavy atom. The Labute approximate surface area is 113 Å². The van der Waals surface area contributed by atoms with E-state index < -0.39 is 0 Å². The molecule has 1 saturated carbocycles. The highest BCUT2D eigenvalue weighted by molar-refractivity contribution is 5.92. The Morgan fingerprint density at radius 3 is 3.05 bits per heavy atom. The zero-order valence-electron chi connectivity index (χ0n) is 11.0. The van der Waals surface area contributed by atoms with Crippen molar-refractivity contribution in [3.05, 3.63) is 23.9 Å². The molecule has 1 aromatic heterocycles. The predicted octanol–water partition coefficient (Wildman–Crippen LogP) is 1.80. The second-order valence-corrected chi connectivity index (χ2v) is 4.87. The molecule has 1 heterocycles. The topological polar surface area (TPSA) is 62.2 Å². The Bertz CT molecular complexity index is 516. The summed E-state index contributed by atoms with van der Waals surface area (Å²) in [6.07, 6.45) is 3.19. The number of carbonyl (C=O) groups excluding carboxylic acids is 1. The highest BCUT2D eigenvalue weighted by Gasteiger charge is 2.29. The fourth-order valence-electron chi connectivity index (χ4n) is 2.46. The Hall–Kier alpha value is -1.86. The van der Waals surface area contributed by atoms with E-state index in [1.165, 1.54) is 0 Å². The van der Waals surface area contributed by atoms with E-state index in [4.69, 9.17) is 5.11 Å². The summed E-state index contributed by atoms with van der Waals surface area (Å²) in [5, 5.41) is 11.5. The van der Waals surface area contributed by atoms with Crippen LogP contribution in [-0.2, 0) is 4.79 Å². The zero-order chi connectivity index (χ0) is 13.7. The van der Waals surface area contributed by atoms with Gasteiger partial charge in [-0.1, -0.05) is 25.3 Å². The van der Waals surface area contributed by atoms with Gasteiger partial charge in [0.15, 0.2) is 0 Å². The van der Waals surface area contributed by atoms with E-state index in [-0.39, 0.29) is 18.4 Å². The number of nitrogens with zero attached hydrogens (tertiary/aromatic N) is 1. The molecule has 19 heavy (non-hydrogen) atoms. The molecule has 1 aromatic rings. The first-order valence-corrected chi connectivity index (χ1v) is 6.58. The van der Waals surface area contributed by atoms with Crippen LogP contribution in [0.1, 0.15) is 31.9 Å². The number of nitrogens with one attached hydrogen (secondary N) is 1. The first-order chi connectivity index (χ1) is 9.20. The van der Waals surface area contributed by atoms with Crippen molar-refractivity contribution in [1.29, 1.82) is 0 Å². The quantitative estimate of drug-likeness (QED) is 0.795.